The summed E-state index contributed by atoms with van der Waals surface area (Å²) in [4.78, 5) is 23.6. The van der Waals surface area contributed by atoms with Crippen LogP contribution in [0, 0.1) is 0 Å². The van der Waals surface area contributed by atoms with Crippen molar-refractivity contribution in [3.8, 4) is 5.75 Å². The van der Waals surface area contributed by atoms with Gasteiger partial charge in [-0.3, -0.25) is 9.59 Å². The number of methoxy groups -OCH3 is 1. The van der Waals surface area contributed by atoms with Crippen molar-refractivity contribution in [3.63, 3.8) is 0 Å². The van der Waals surface area contributed by atoms with Gasteiger partial charge in [-0.15, -0.1) is 0 Å². The zero-order valence-corrected chi connectivity index (χ0v) is 9.04. The van der Waals surface area contributed by atoms with Crippen LogP contribution in [0.5, 0.6) is 5.75 Å². The van der Waals surface area contributed by atoms with Gasteiger partial charge < -0.3 is 9.84 Å². The van der Waals surface area contributed by atoms with Gasteiger partial charge in [0.2, 0.25) is 11.6 Å². The third-order valence-electron chi connectivity index (χ3n) is 2.32. The highest BCUT2D eigenvalue weighted by Gasteiger charge is 2.34. The molecule has 1 aliphatic rings. The van der Waals surface area contributed by atoms with Gasteiger partial charge in [0.15, 0.2) is 5.76 Å². The highest BCUT2D eigenvalue weighted by atomic mass is 35.5. The minimum atomic E-state index is -0.583. The van der Waals surface area contributed by atoms with E-state index in [9.17, 15) is 14.7 Å². The van der Waals surface area contributed by atoms with E-state index in [-0.39, 0.29) is 27.7 Å². The molecular formula is C11H7ClO4. The van der Waals surface area contributed by atoms with E-state index < -0.39 is 11.6 Å². The molecule has 0 radical (unpaired) electrons. The Hall–Kier alpha value is -1.81. The number of ether oxygens (including phenoxy) is 1. The Bertz CT molecular complexity index is 531. The van der Waals surface area contributed by atoms with Crippen molar-refractivity contribution >= 4 is 23.2 Å². The molecule has 0 aliphatic heterocycles. The maximum Gasteiger partial charge on any atom is 0.233 e. The van der Waals surface area contributed by atoms with Crippen molar-refractivity contribution in [2.45, 2.75) is 0 Å². The Morgan fingerprint density at radius 2 is 1.94 bits per heavy atom. The maximum atomic E-state index is 11.8. The molecule has 0 spiro atoms. The van der Waals surface area contributed by atoms with Crippen molar-refractivity contribution in [1.29, 1.82) is 0 Å². The highest BCUT2D eigenvalue weighted by Crippen LogP contribution is 2.33. The molecule has 1 N–H and O–H groups in total. The first kappa shape index (κ1) is 10.7. The maximum absolute atomic E-state index is 11.8. The molecule has 0 fully saturated rings. The van der Waals surface area contributed by atoms with Crippen molar-refractivity contribution < 1.29 is 19.4 Å². The zero-order valence-electron chi connectivity index (χ0n) is 8.28. The molecule has 1 aromatic rings. The topological polar surface area (TPSA) is 63.6 Å². The average Bonchev–Trinajstić information content (AvgIpc) is 2.26. The molecule has 0 saturated heterocycles. The summed E-state index contributed by atoms with van der Waals surface area (Å²) in [7, 11) is 1.24. The number of carbonyl (C=O) groups is 2. The predicted octanol–water partition coefficient (Wildman–Crippen LogP) is 1.87. The van der Waals surface area contributed by atoms with Gasteiger partial charge in [0.1, 0.15) is 10.8 Å². The molecular weight excluding hydrogens is 232 g/mol. The average molecular weight is 239 g/mol. The quantitative estimate of drug-likeness (QED) is 0.811. The number of fused-ring (bicyclic) bond motifs is 1. The van der Waals surface area contributed by atoms with Crippen LogP contribution in [0.3, 0.4) is 0 Å². The van der Waals surface area contributed by atoms with E-state index >= 15 is 0 Å². The number of Topliss-reactive ketones (excluding diaryl/α,β-unsaturated/α-hetero) is 2. The van der Waals surface area contributed by atoms with Crippen LogP contribution in [0.1, 0.15) is 20.7 Å². The van der Waals surface area contributed by atoms with Gasteiger partial charge in [0, 0.05) is 5.56 Å². The number of aromatic hydroxyl groups is 1. The van der Waals surface area contributed by atoms with Gasteiger partial charge in [-0.1, -0.05) is 17.7 Å². The van der Waals surface area contributed by atoms with Gasteiger partial charge in [-0.25, -0.2) is 0 Å². The lowest BCUT2D eigenvalue weighted by molar-refractivity contribution is 0.0910. The summed E-state index contributed by atoms with van der Waals surface area (Å²) < 4.78 is 4.76. The number of rotatable bonds is 1. The Morgan fingerprint density at radius 1 is 1.25 bits per heavy atom. The summed E-state index contributed by atoms with van der Waals surface area (Å²) in [5.74, 6) is -1.60. The van der Waals surface area contributed by atoms with E-state index in [1.165, 1.54) is 25.3 Å². The van der Waals surface area contributed by atoms with Crippen LogP contribution < -0.4 is 0 Å². The third kappa shape index (κ3) is 1.31. The van der Waals surface area contributed by atoms with E-state index in [1.54, 1.807) is 0 Å². The number of halogens is 1. The fourth-order valence-electron chi connectivity index (χ4n) is 1.58. The van der Waals surface area contributed by atoms with Crippen molar-refractivity contribution in [3.05, 3.63) is 40.1 Å². The SMILES string of the molecule is COC1=C(Cl)C(=O)c2cccc(O)c2C1=O. The number of benzene rings is 1. The number of allylic oxidation sites excluding steroid dienone is 2. The standard InChI is InChI=1S/C11H7ClO4/c1-16-11-8(12)9(14)5-3-2-4-6(13)7(5)10(11)15/h2-4,13H,1H3. The molecule has 0 heterocycles. The molecule has 1 aromatic carbocycles. The van der Waals surface area contributed by atoms with Crippen LogP contribution >= 0.6 is 11.6 Å². The predicted molar refractivity (Wildman–Crippen MR) is 56.7 cm³/mol. The number of ketones is 2. The lowest BCUT2D eigenvalue weighted by Gasteiger charge is -2.17. The van der Waals surface area contributed by atoms with Crippen molar-refractivity contribution in [2.75, 3.05) is 7.11 Å². The summed E-state index contributed by atoms with van der Waals surface area (Å²) in [5.41, 5.74) is 0.0320. The first-order chi connectivity index (χ1) is 7.57. The number of phenolic OH excluding ortho intramolecular Hbond substituents is 1. The zero-order chi connectivity index (χ0) is 11.9. The van der Waals surface area contributed by atoms with Gasteiger partial charge in [0.25, 0.3) is 0 Å². The Kier molecular flexibility index (Phi) is 2.44. The third-order valence-corrected chi connectivity index (χ3v) is 2.67. The van der Waals surface area contributed by atoms with Crippen LogP contribution in [0.2, 0.25) is 0 Å². The molecule has 0 bridgehead atoms. The molecule has 16 heavy (non-hydrogen) atoms. The second-order valence-corrected chi connectivity index (χ2v) is 3.58. The number of phenols is 1. The van der Waals surface area contributed by atoms with E-state index in [2.05, 4.69) is 0 Å². The van der Waals surface area contributed by atoms with E-state index in [1.807, 2.05) is 0 Å². The summed E-state index contributed by atoms with van der Waals surface area (Å²) in [6.07, 6.45) is 0. The first-order valence-corrected chi connectivity index (χ1v) is 4.81. The Balaban J connectivity index is 2.75. The lowest BCUT2D eigenvalue weighted by atomic mass is 9.92. The van der Waals surface area contributed by atoms with Gasteiger partial charge in [-0.2, -0.15) is 0 Å². The lowest BCUT2D eigenvalue weighted by Crippen LogP contribution is -2.21. The summed E-state index contributed by atoms with van der Waals surface area (Å²) in [6.45, 7) is 0. The minimum absolute atomic E-state index is 0.0613. The van der Waals surface area contributed by atoms with Crippen molar-refractivity contribution in [2.24, 2.45) is 0 Å². The number of hydrogen-bond acceptors (Lipinski definition) is 4. The largest absolute Gasteiger partial charge is 0.507 e. The second-order valence-electron chi connectivity index (χ2n) is 3.21. The molecule has 0 saturated carbocycles. The molecule has 5 heteroatoms. The summed E-state index contributed by atoms with van der Waals surface area (Å²) in [6, 6.07) is 4.24. The molecule has 0 unspecified atom stereocenters. The molecule has 82 valence electrons. The number of carbonyl (C=O) groups excluding carboxylic acids is 2. The van der Waals surface area contributed by atoms with Crippen LogP contribution in [0.25, 0.3) is 0 Å². The van der Waals surface area contributed by atoms with Crippen LogP contribution in [-0.2, 0) is 4.74 Å². The van der Waals surface area contributed by atoms with Crippen LogP contribution in [0.4, 0.5) is 0 Å². The molecule has 1 aliphatic carbocycles. The van der Waals surface area contributed by atoms with Crippen LogP contribution in [0.15, 0.2) is 29.0 Å². The minimum Gasteiger partial charge on any atom is -0.507 e. The second kappa shape index (κ2) is 3.64. The molecule has 0 amide bonds. The summed E-state index contributed by atoms with van der Waals surface area (Å²) in [5, 5.41) is 9.29. The molecule has 4 nitrogen and oxygen atoms in total. The normalized spacial score (nSPS) is 15.1. The fraction of sp³-hybridized carbons (Fsp3) is 0.0909. The molecule has 0 atom stereocenters. The van der Waals surface area contributed by atoms with Gasteiger partial charge in [0.05, 0.1) is 12.7 Å². The Labute approximate surface area is 96.1 Å². The monoisotopic (exact) mass is 238 g/mol. The van der Waals surface area contributed by atoms with E-state index in [4.69, 9.17) is 16.3 Å². The first-order valence-electron chi connectivity index (χ1n) is 4.43. The van der Waals surface area contributed by atoms with Crippen molar-refractivity contribution in [1.82, 2.24) is 0 Å². The van der Waals surface area contributed by atoms with Crippen LogP contribution in [-0.4, -0.2) is 23.8 Å². The van der Waals surface area contributed by atoms with E-state index in [0.717, 1.165) is 0 Å². The molecule has 2 rings (SSSR count). The smallest absolute Gasteiger partial charge is 0.233 e. The van der Waals surface area contributed by atoms with Gasteiger partial charge >= 0.3 is 0 Å². The van der Waals surface area contributed by atoms with Gasteiger partial charge in [-0.05, 0) is 12.1 Å². The highest BCUT2D eigenvalue weighted by molar-refractivity contribution is 6.49. The Morgan fingerprint density at radius 3 is 2.56 bits per heavy atom. The fourth-order valence-corrected chi connectivity index (χ4v) is 1.85. The number of hydrogen-bond donors (Lipinski definition) is 1. The summed E-state index contributed by atoms with van der Waals surface area (Å²) >= 11 is 5.71. The molecule has 0 aromatic heterocycles. The van der Waals surface area contributed by atoms with E-state index in [0.29, 0.717) is 0 Å².